The number of anilines is 1. The molecule has 18 heavy (non-hydrogen) atoms. The number of aromatic nitrogens is 3. The SMILES string of the molecule is C#Cc1cnn2c(N)cc(-c3ccccc3)nc12. The average molecular weight is 234 g/mol. The Morgan fingerprint density at radius 3 is 2.72 bits per heavy atom. The van der Waals surface area contributed by atoms with E-state index in [0.717, 1.165) is 11.3 Å². The molecule has 0 unspecified atom stereocenters. The lowest BCUT2D eigenvalue weighted by atomic mass is 10.1. The van der Waals surface area contributed by atoms with Gasteiger partial charge in [-0.3, -0.25) is 0 Å². The van der Waals surface area contributed by atoms with Crippen LogP contribution in [-0.2, 0) is 0 Å². The maximum Gasteiger partial charge on any atom is 0.173 e. The summed E-state index contributed by atoms with van der Waals surface area (Å²) in [6.45, 7) is 0. The minimum absolute atomic E-state index is 0.514. The number of nitrogens with zero attached hydrogens (tertiary/aromatic N) is 3. The lowest BCUT2D eigenvalue weighted by molar-refractivity contribution is 0.954. The van der Waals surface area contributed by atoms with Crippen LogP contribution in [0.3, 0.4) is 0 Å². The Morgan fingerprint density at radius 1 is 1.22 bits per heavy atom. The first-order chi connectivity index (χ1) is 8.79. The summed E-state index contributed by atoms with van der Waals surface area (Å²) >= 11 is 0. The van der Waals surface area contributed by atoms with Crippen LogP contribution in [0.1, 0.15) is 5.56 Å². The van der Waals surface area contributed by atoms with Crippen molar-refractivity contribution in [3.63, 3.8) is 0 Å². The molecule has 3 aromatic rings. The summed E-state index contributed by atoms with van der Waals surface area (Å²) < 4.78 is 1.54. The van der Waals surface area contributed by atoms with Crippen LogP contribution in [0, 0.1) is 12.3 Å². The van der Waals surface area contributed by atoms with Crippen LogP contribution in [-0.4, -0.2) is 14.6 Å². The van der Waals surface area contributed by atoms with Crippen molar-refractivity contribution >= 4 is 11.5 Å². The molecule has 86 valence electrons. The molecule has 0 radical (unpaired) electrons. The lowest BCUT2D eigenvalue weighted by Gasteiger charge is -2.04. The Bertz CT molecular complexity index is 751. The maximum absolute atomic E-state index is 5.95. The van der Waals surface area contributed by atoms with Crippen LogP contribution >= 0.6 is 0 Å². The van der Waals surface area contributed by atoms with Gasteiger partial charge in [0.2, 0.25) is 0 Å². The highest BCUT2D eigenvalue weighted by molar-refractivity contribution is 5.68. The fourth-order valence-electron chi connectivity index (χ4n) is 1.84. The number of rotatable bonds is 1. The van der Waals surface area contributed by atoms with Crippen LogP contribution in [0.15, 0.2) is 42.6 Å². The van der Waals surface area contributed by atoms with E-state index >= 15 is 0 Å². The van der Waals surface area contributed by atoms with Crippen molar-refractivity contribution in [2.24, 2.45) is 0 Å². The molecule has 2 aromatic heterocycles. The zero-order valence-electron chi connectivity index (χ0n) is 9.54. The van der Waals surface area contributed by atoms with Gasteiger partial charge >= 0.3 is 0 Å². The second kappa shape index (κ2) is 3.90. The predicted molar refractivity (Wildman–Crippen MR) is 70.8 cm³/mol. The van der Waals surface area contributed by atoms with E-state index < -0.39 is 0 Å². The van der Waals surface area contributed by atoms with E-state index in [4.69, 9.17) is 12.2 Å². The van der Waals surface area contributed by atoms with Crippen molar-refractivity contribution in [1.29, 1.82) is 0 Å². The Hall–Kier alpha value is -2.80. The minimum atomic E-state index is 0.514. The predicted octanol–water partition coefficient (Wildman–Crippen LogP) is 1.96. The van der Waals surface area contributed by atoms with Gasteiger partial charge < -0.3 is 5.73 Å². The first kappa shape index (κ1) is 10.4. The molecule has 3 rings (SSSR count). The second-order valence-corrected chi connectivity index (χ2v) is 3.87. The monoisotopic (exact) mass is 234 g/mol. The first-order valence-electron chi connectivity index (χ1n) is 5.46. The lowest BCUT2D eigenvalue weighted by Crippen LogP contribution is -2.01. The average Bonchev–Trinajstić information content (AvgIpc) is 2.83. The largest absolute Gasteiger partial charge is 0.384 e. The summed E-state index contributed by atoms with van der Waals surface area (Å²) in [5, 5.41) is 4.11. The molecule has 0 bridgehead atoms. The Labute approximate surface area is 104 Å². The minimum Gasteiger partial charge on any atom is -0.384 e. The summed E-state index contributed by atoms with van der Waals surface area (Å²) in [7, 11) is 0. The third-order valence-electron chi connectivity index (χ3n) is 2.72. The van der Waals surface area contributed by atoms with Crippen molar-refractivity contribution < 1.29 is 0 Å². The van der Waals surface area contributed by atoms with Crippen molar-refractivity contribution in [2.75, 3.05) is 5.73 Å². The molecule has 0 fully saturated rings. The van der Waals surface area contributed by atoms with Gasteiger partial charge in [0.15, 0.2) is 5.65 Å². The molecular weight excluding hydrogens is 224 g/mol. The van der Waals surface area contributed by atoms with Gasteiger partial charge in [-0.15, -0.1) is 6.42 Å². The van der Waals surface area contributed by atoms with Gasteiger partial charge in [0.1, 0.15) is 5.82 Å². The van der Waals surface area contributed by atoms with Gasteiger partial charge in [-0.1, -0.05) is 36.3 Å². The van der Waals surface area contributed by atoms with E-state index in [0.29, 0.717) is 17.0 Å². The van der Waals surface area contributed by atoms with E-state index in [-0.39, 0.29) is 0 Å². The number of benzene rings is 1. The molecule has 0 aliphatic carbocycles. The summed E-state index contributed by atoms with van der Waals surface area (Å²) in [6.07, 6.45) is 7.01. The molecule has 2 heterocycles. The molecule has 0 atom stereocenters. The van der Waals surface area contributed by atoms with Crippen molar-refractivity contribution in [1.82, 2.24) is 14.6 Å². The van der Waals surface area contributed by atoms with E-state index in [2.05, 4.69) is 16.0 Å². The Kier molecular flexibility index (Phi) is 2.24. The van der Waals surface area contributed by atoms with E-state index in [1.54, 1.807) is 16.8 Å². The van der Waals surface area contributed by atoms with Crippen LogP contribution < -0.4 is 5.73 Å². The van der Waals surface area contributed by atoms with Gasteiger partial charge in [0.05, 0.1) is 17.5 Å². The van der Waals surface area contributed by atoms with Gasteiger partial charge in [0.25, 0.3) is 0 Å². The molecule has 2 N–H and O–H groups in total. The van der Waals surface area contributed by atoms with Crippen molar-refractivity contribution in [3.8, 4) is 23.6 Å². The molecule has 0 saturated heterocycles. The molecule has 0 saturated carbocycles. The van der Waals surface area contributed by atoms with E-state index in [1.165, 1.54) is 0 Å². The third kappa shape index (κ3) is 1.50. The highest BCUT2D eigenvalue weighted by atomic mass is 15.3. The molecule has 1 aromatic carbocycles. The fourth-order valence-corrected chi connectivity index (χ4v) is 1.84. The Balaban J connectivity index is 2.30. The van der Waals surface area contributed by atoms with E-state index in [1.807, 2.05) is 30.3 Å². The number of fused-ring (bicyclic) bond motifs is 1. The molecule has 4 heteroatoms. The number of hydrogen-bond acceptors (Lipinski definition) is 3. The molecule has 0 amide bonds. The quantitative estimate of drug-likeness (QED) is 0.655. The zero-order chi connectivity index (χ0) is 12.5. The number of terminal acetylenes is 1. The second-order valence-electron chi connectivity index (χ2n) is 3.87. The normalized spacial score (nSPS) is 10.4. The molecule has 0 aliphatic rings. The van der Waals surface area contributed by atoms with Gasteiger partial charge in [-0.2, -0.15) is 9.61 Å². The fraction of sp³-hybridized carbons (Fsp3) is 0. The number of nitrogen functional groups attached to an aromatic ring is 1. The summed E-state index contributed by atoms with van der Waals surface area (Å²) in [5.41, 5.74) is 8.99. The van der Waals surface area contributed by atoms with Crippen LogP contribution in [0.25, 0.3) is 16.9 Å². The maximum atomic E-state index is 5.95. The highest BCUT2D eigenvalue weighted by Crippen LogP contribution is 2.21. The smallest absolute Gasteiger partial charge is 0.173 e. The number of nitrogens with two attached hydrogens (primary N) is 1. The topological polar surface area (TPSA) is 56.2 Å². The van der Waals surface area contributed by atoms with Crippen LogP contribution in [0.5, 0.6) is 0 Å². The Morgan fingerprint density at radius 2 is 2.00 bits per heavy atom. The van der Waals surface area contributed by atoms with Gasteiger partial charge in [-0.05, 0) is 0 Å². The van der Waals surface area contributed by atoms with E-state index in [9.17, 15) is 0 Å². The van der Waals surface area contributed by atoms with Gasteiger partial charge in [-0.25, -0.2) is 4.98 Å². The standard InChI is InChI=1S/C14H10N4/c1-2-10-9-16-18-13(15)8-12(17-14(10)18)11-6-4-3-5-7-11/h1,3-9H,15H2. The van der Waals surface area contributed by atoms with Crippen LogP contribution in [0.2, 0.25) is 0 Å². The summed E-state index contributed by atoms with van der Waals surface area (Å²) in [4.78, 5) is 4.52. The molecule has 4 nitrogen and oxygen atoms in total. The summed E-state index contributed by atoms with van der Waals surface area (Å²) in [6, 6.07) is 11.6. The summed E-state index contributed by atoms with van der Waals surface area (Å²) in [5.74, 6) is 3.07. The van der Waals surface area contributed by atoms with Crippen LogP contribution in [0.4, 0.5) is 5.82 Å². The van der Waals surface area contributed by atoms with Crippen molar-refractivity contribution in [2.45, 2.75) is 0 Å². The third-order valence-corrected chi connectivity index (χ3v) is 2.72. The molecule has 0 aliphatic heterocycles. The molecule has 0 spiro atoms. The molecular formula is C14H10N4. The highest BCUT2D eigenvalue weighted by Gasteiger charge is 2.09. The van der Waals surface area contributed by atoms with Crippen molar-refractivity contribution in [3.05, 3.63) is 48.2 Å². The number of hydrogen-bond donors (Lipinski definition) is 1. The first-order valence-corrected chi connectivity index (χ1v) is 5.46. The zero-order valence-corrected chi connectivity index (χ0v) is 9.54. The van der Waals surface area contributed by atoms with Gasteiger partial charge in [0, 0.05) is 11.6 Å².